The van der Waals surface area contributed by atoms with Gasteiger partial charge in [0.25, 0.3) is 0 Å². The number of hydrogen-bond acceptors (Lipinski definition) is 5. The molecule has 1 amide bonds. The second-order valence-electron chi connectivity index (χ2n) is 4.45. The number of methoxy groups -OCH3 is 1. The molecule has 0 unspecified atom stereocenters. The first kappa shape index (κ1) is 16.2. The molecule has 0 saturated heterocycles. The number of benzene rings is 2. The van der Waals surface area contributed by atoms with Gasteiger partial charge in [0.15, 0.2) is 0 Å². The molecule has 0 aliphatic carbocycles. The fourth-order valence-corrected chi connectivity index (χ4v) is 1.88. The molecule has 2 aromatic rings. The number of nitrogens with zero attached hydrogens (tertiary/aromatic N) is 1. The Balaban J connectivity index is 2.14. The maximum absolute atomic E-state index is 13.5. The quantitative estimate of drug-likeness (QED) is 0.672. The van der Waals surface area contributed by atoms with Gasteiger partial charge < -0.3 is 9.47 Å². The molecule has 0 fully saturated rings. The molecule has 0 saturated carbocycles. The molecule has 0 bridgehead atoms. The van der Waals surface area contributed by atoms with Crippen molar-refractivity contribution in [1.29, 1.82) is 0 Å². The molecule has 1 N–H and O–H groups in total. The van der Waals surface area contributed by atoms with E-state index < -0.39 is 22.5 Å². The maximum atomic E-state index is 13.5. The van der Waals surface area contributed by atoms with Gasteiger partial charge in [-0.3, -0.25) is 15.4 Å². The number of ether oxygens (including phenoxy) is 2. The molecule has 120 valence electrons. The van der Waals surface area contributed by atoms with Crippen LogP contribution in [0, 0.1) is 15.9 Å². The van der Waals surface area contributed by atoms with E-state index in [0.29, 0.717) is 0 Å². The molecule has 0 aliphatic rings. The van der Waals surface area contributed by atoms with E-state index in [0.717, 1.165) is 17.7 Å². The van der Waals surface area contributed by atoms with Crippen LogP contribution >= 0.6 is 0 Å². The Hall–Kier alpha value is -3.16. The molecule has 0 atom stereocenters. The minimum absolute atomic E-state index is 0.0209. The Bertz CT molecular complexity index is 721. The van der Waals surface area contributed by atoms with Gasteiger partial charge in [0.2, 0.25) is 5.75 Å². The molecule has 0 spiro atoms. The third-order valence-electron chi connectivity index (χ3n) is 2.89. The van der Waals surface area contributed by atoms with E-state index in [1.165, 1.54) is 7.11 Å². The van der Waals surface area contributed by atoms with Crippen LogP contribution in [0.15, 0.2) is 42.5 Å². The molecule has 0 radical (unpaired) electrons. The van der Waals surface area contributed by atoms with Crippen LogP contribution in [0.25, 0.3) is 0 Å². The molecule has 0 aliphatic heterocycles. The number of rotatable bonds is 5. The largest absolute Gasteiger partial charge is 0.490 e. The summed E-state index contributed by atoms with van der Waals surface area (Å²) in [5.74, 6) is -1.08. The molecular weight excluding hydrogens is 307 g/mol. The first-order valence-corrected chi connectivity index (χ1v) is 6.51. The second-order valence-corrected chi connectivity index (χ2v) is 4.45. The van der Waals surface area contributed by atoms with Crippen LogP contribution in [-0.2, 0) is 11.3 Å². The number of nitrogens with one attached hydrogen (secondary N) is 1. The SMILES string of the molecule is COc1cc(F)cc(NC(=O)OCc2ccccc2)c1[N+](=O)[O-]. The minimum atomic E-state index is -0.940. The van der Waals surface area contributed by atoms with Gasteiger partial charge in [-0.25, -0.2) is 9.18 Å². The summed E-state index contributed by atoms with van der Waals surface area (Å²) in [6, 6.07) is 10.6. The molecule has 2 rings (SSSR count). The van der Waals surface area contributed by atoms with E-state index in [9.17, 15) is 19.3 Å². The number of carbonyl (C=O) groups is 1. The summed E-state index contributed by atoms with van der Waals surface area (Å²) in [6.45, 7) is -0.0209. The van der Waals surface area contributed by atoms with Gasteiger partial charge in [0, 0.05) is 12.1 Å². The first-order chi connectivity index (χ1) is 11.0. The highest BCUT2D eigenvalue weighted by molar-refractivity contribution is 5.89. The number of nitro benzene ring substituents is 1. The molecule has 7 nitrogen and oxygen atoms in total. The highest BCUT2D eigenvalue weighted by Crippen LogP contribution is 2.35. The lowest BCUT2D eigenvalue weighted by Crippen LogP contribution is -2.15. The number of amides is 1. The van der Waals surface area contributed by atoms with Crippen LogP contribution in [0.5, 0.6) is 5.75 Å². The van der Waals surface area contributed by atoms with Crippen molar-refractivity contribution < 1.29 is 23.6 Å². The molecule has 8 heteroatoms. The highest BCUT2D eigenvalue weighted by atomic mass is 19.1. The number of carbonyl (C=O) groups excluding carboxylic acids is 1. The second kappa shape index (κ2) is 7.21. The van der Waals surface area contributed by atoms with Gasteiger partial charge in [-0.15, -0.1) is 0 Å². The Morgan fingerprint density at radius 3 is 2.61 bits per heavy atom. The summed E-state index contributed by atoms with van der Waals surface area (Å²) in [5.41, 5.74) is -0.149. The summed E-state index contributed by atoms with van der Waals surface area (Å²) < 4.78 is 23.2. The van der Waals surface area contributed by atoms with Crippen molar-refractivity contribution >= 4 is 17.5 Å². The average Bonchev–Trinajstić information content (AvgIpc) is 2.52. The van der Waals surface area contributed by atoms with Crippen molar-refractivity contribution in [3.8, 4) is 5.75 Å². The van der Waals surface area contributed by atoms with Crippen LogP contribution in [0.3, 0.4) is 0 Å². The fraction of sp³-hybridized carbons (Fsp3) is 0.133. The van der Waals surface area contributed by atoms with Crippen molar-refractivity contribution in [3.63, 3.8) is 0 Å². The van der Waals surface area contributed by atoms with E-state index in [-0.39, 0.29) is 18.0 Å². The Morgan fingerprint density at radius 2 is 2.00 bits per heavy atom. The molecule has 0 heterocycles. The Labute approximate surface area is 130 Å². The first-order valence-electron chi connectivity index (χ1n) is 6.51. The van der Waals surface area contributed by atoms with E-state index in [4.69, 9.17) is 9.47 Å². The van der Waals surface area contributed by atoms with Crippen molar-refractivity contribution in [1.82, 2.24) is 0 Å². The van der Waals surface area contributed by atoms with Crippen LogP contribution in [0.1, 0.15) is 5.56 Å². The standard InChI is InChI=1S/C15H13FN2O5/c1-22-13-8-11(16)7-12(14(13)18(20)21)17-15(19)23-9-10-5-3-2-4-6-10/h2-8H,9H2,1H3,(H,17,19). The third-order valence-corrected chi connectivity index (χ3v) is 2.89. The van der Waals surface area contributed by atoms with Crippen LogP contribution in [0.4, 0.5) is 20.6 Å². The van der Waals surface area contributed by atoms with E-state index in [1.807, 2.05) is 6.07 Å². The fourth-order valence-electron chi connectivity index (χ4n) is 1.88. The van der Waals surface area contributed by atoms with Gasteiger partial charge in [-0.1, -0.05) is 30.3 Å². The topological polar surface area (TPSA) is 90.7 Å². The number of hydrogen-bond donors (Lipinski definition) is 1. The van der Waals surface area contributed by atoms with Gasteiger partial charge in [-0.2, -0.15) is 0 Å². The van der Waals surface area contributed by atoms with E-state index in [1.54, 1.807) is 24.3 Å². The predicted octanol–water partition coefficient (Wildman–Crippen LogP) is 3.49. The Morgan fingerprint density at radius 1 is 1.30 bits per heavy atom. The molecule has 0 aromatic heterocycles. The van der Waals surface area contributed by atoms with Gasteiger partial charge in [-0.05, 0) is 5.56 Å². The third kappa shape index (κ3) is 4.16. The number of anilines is 1. The lowest BCUT2D eigenvalue weighted by atomic mass is 10.2. The zero-order valence-corrected chi connectivity index (χ0v) is 12.1. The van der Waals surface area contributed by atoms with E-state index in [2.05, 4.69) is 5.32 Å². The minimum Gasteiger partial charge on any atom is -0.490 e. The van der Waals surface area contributed by atoms with Crippen molar-refractivity contribution in [3.05, 3.63) is 64.0 Å². The van der Waals surface area contributed by atoms with Gasteiger partial charge in [0.05, 0.1) is 12.0 Å². The van der Waals surface area contributed by atoms with Crippen molar-refractivity contribution in [2.75, 3.05) is 12.4 Å². The summed E-state index contributed by atoms with van der Waals surface area (Å²) >= 11 is 0. The maximum Gasteiger partial charge on any atom is 0.412 e. The smallest absolute Gasteiger partial charge is 0.412 e. The predicted molar refractivity (Wildman–Crippen MR) is 79.9 cm³/mol. The monoisotopic (exact) mass is 320 g/mol. The lowest BCUT2D eigenvalue weighted by molar-refractivity contribution is -0.384. The van der Waals surface area contributed by atoms with Crippen LogP contribution in [0.2, 0.25) is 0 Å². The zero-order valence-electron chi connectivity index (χ0n) is 12.1. The number of halogens is 1. The lowest BCUT2D eigenvalue weighted by Gasteiger charge is -2.10. The average molecular weight is 320 g/mol. The molecule has 23 heavy (non-hydrogen) atoms. The summed E-state index contributed by atoms with van der Waals surface area (Å²) in [7, 11) is 1.17. The van der Waals surface area contributed by atoms with Crippen molar-refractivity contribution in [2.24, 2.45) is 0 Å². The Kier molecular flexibility index (Phi) is 5.08. The van der Waals surface area contributed by atoms with Crippen molar-refractivity contribution in [2.45, 2.75) is 6.61 Å². The summed E-state index contributed by atoms with van der Waals surface area (Å²) in [6.07, 6.45) is -0.940. The highest BCUT2D eigenvalue weighted by Gasteiger charge is 2.24. The molecule has 2 aromatic carbocycles. The van der Waals surface area contributed by atoms with Gasteiger partial charge >= 0.3 is 11.8 Å². The summed E-state index contributed by atoms with van der Waals surface area (Å²) in [5, 5.41) is 13.2. The van der Waals surface area contributed by atoms with Gasteiger partial charge in [0.1, 0.15) is 18.1 Å². The normalized spacial score (nSPS) is 10.0. The number of nitro groups is 1. The van der Waals surface area contributed by atoms with Crippen LogP contribution in [-0.4, -0.2) is 18.1 Å². The van der Waals surface area contributed by atoms with Crippen LogP contribution < -0.4 is 10.1 Å². The summed E-state index contributed by atoms with van der Waals surface area (Å²) in [4.78, 5) is 22.1. The van der Waals surface area contributed by atoms with E-state index >= 15 is 0 Å². The zero-order chi connectivity index (χ0) is 16.8. The molecular formula is C15H13FN2O5.